The van der Waals surface area contributed by atoms with Gasteiger partial charge in [0.1, 0.15) is 25.4 Å². The fourth-order valence-electron chi connectivity index (χ4n) is 3.83. The molecule has 0 aliphatic carbocycles. The molecule has 1 unspecified atom stereocenters. The predicted octanol–water partition coefficient (Wildman–Crippen LogP) is 3.21. The topological polar surface area (TPSA) is 116 Å². The Bertz CT molecular complexity index is 564. The maximum atomic E-state index is 12.2. The number of nitrogens with two attached hydrogens (primary N) is 1. The lowest BCUT2D eigenvalue weighted by atomic mass is 10.1. The minimum Gasteiger partial charge on any atom is -0.455 e. The van der Waals surface area contributed by atoms with Crippen LogP contribution in [0.5, 0.6) is 0 Å². The SMILES string of the molecule is CCCCCCCCCCCCCC(=O)OC(C[N+]1(N)CCOCC1)CS(=O)(=O)O. The summed E-state index contributed by atoms with van der Waals surface area (Å²) in [5, 5.41) is 0. The van der Waals surface area contributed by atoms with E-state index in [0.29, 0.717) is 26.3 Å². The number of nitrogens with zero attached hydrogens (tertiary/aromatic N) is 1. The van der Waals surface area contributed by atoms with Crippen molar-refractivity contribution in [3.05, 3.63) is 0 Å². The third kappa shape index (κ3) is 14.3. The van der Waals surface area contributed by atoms with Crippen LogP contribution in [-0.2, 0) is 24.4 Å². The normalized spacial score (nSPS) is 17.6. The lowest BCUT2D eigenvalue weighted by Gasteiger charge is -2.37. The number of unbranched alkanes of at least 4 members (excludes halogenated alkanes) is 10. The van der Waals surface area contributed by atoms with Gasteiger partial charge in [-0.1, -0.05) is 71.1 Å². The van der Waals surface area contributed by atoms with E-state index in [4.69, 9.17) is 15.3 Å². The van der Waals surface area contributed by atoms with Gasteiger partial charge in [-0.15, -0.1) is 0 Å². The summed E-state index contributed by atoms with van der Waals surface area (Å²) >= 11 is 0. The zero-order chi connectivity index (χ0) is 22.3. The molecule has 30 heavy (non-hydrogen) atoms. The molecular weight excluding hydrogens is 408 g/mol. The van der Waals surface area contributed by atoms with Crippen molar-refractivity contribution >= 4 is 16.1 Å². The Morgan fingerprint density at radius 3 is 2.00 bits per heavy atom. The zero-order valence-electron chi connectivity index (χ0n) is 18.7. The number of esters is 1. The average molecular weight is 452 g/mol. The van der Waals surface area contributed by atoms with Gasteiger partial charge in [0.05, 0.1) is 13.2 Å². The molecule has 9 heteroatoms. The van der Waals surface area contributed by atoms with Crippen molar-refractivity contribution in [2.24, 2.45) is 5.84 Å². The molecule has 1 fully saturated rings. The quantitative estimate of drug-likeness (QED) is 0.115. The smallest absolute Gasteiger partial charge is 0.306 e. The predicted molar refractivity (Wildman–Crippen MR) is 117 cm³/mol. The highest BCUT2D eigenvalue weighted by Gasteiger charge is 2.34. The van der Waals surface area contributed by atoms with E-state index in [-0.39, 0.29) is 17.6 Å². The summed E-state index contributed by atoms with van der Waals surface area (Å²) in [5.41, 5.74) is 0. The number of rotatable bonds is 17. The third-order valence-corrected chi connectivity index (χ3v) is 6.40. The van der Waals surface area contributed by atoms with E-state index in [1.165, 1.54) is 51.4 Å². The van der Waals surface area contributed by atoms with E-state index in [9.17, 15) is 17.8 Å². The van der Waals surface area contributed by atoms with Crippen LogP contribution in [0.3, 0.4) is 0 Å². The molecule has 0 saturated carbocycles. The summed E-state index contributed by atoms with van der Waals surface area (Å²) in [5.74, 6) is 5.20. The second-order valence-corrected chi connectivity index (χ2v) is 10.1. The van der Waals surface area contributed by atoms with Crippen molar-refractivity contribution < 1.29 is 31.8 Å². The van der Waals surface area contributed by atoms with Crippen LogP contribution in [-0.4, -0.2) is 68.2 Å². The highest BCUT2D eigenvalue weighted by Crippen LogP contribution is 2.14. The summed E-state index contributed by atoms with van der Waals surface area (Å²) in [7, 11) is -4.27. The Hall–Kier alpha value is -0.740. The summed E-state index contributed by atoms with van der Waals surface area (Å²) in [6.45, 7) is 4.34. The first kappa shape index (κ1) is 27.3. The summed E-state index contributed by atoms with van der Waals surface area (Å²) < 4.78 is 42.6. The first-order valence-corrected chi connectivity index (χ1v) is 13.2. The van der Waals surface area contributed by atoms with Crippen LogP contribution < -0.4 is 5.84 Å². The molecule has 0 bridgehead atoms. The van der Waals surface area contributed by atoms with Crippen LogP contribution in [0.4, 0.5) is 0 Å². The first-order chi connectivity index (χ1) is 14.2. The lowest BCUT2D eigenvalue weighted by molar-refractivity contribution is -0.948. The largest absolute Gasteiger partial charge is 0.455 e. The van der Waals surface area contributed by atoms with Crippen molar-refractivity contribution in [2.75, 3.05) is 38.6 Å². The van der Waals surface area contributed by atoms with Crippen LogP contribution in [0.1, 0.15) is 84.0 Å². The molecule has 0 aromatic carbocycles. The zero-order valence-corrected chi connectivity index (χ0v) is 19.5. The number of carbonyl (C=O) groups is 1. The van der Waals surface area contributed by atoms with Crippen molar-refractivity contribution in [1.29, 1.82) is 0 Å². The van der Waals surface area contributed by atoms with Crippen LogP contribution in [0.25, 0.3) is 0 Å². The Balaban J connectivity index is 2.21. The summed E-state index contributed by atoms with van der Waals surface area (Å²) in [6.07, 6.45) is 12.4. The molecule has 3 N–H and O–H groups in total. The van der Waals surface area contributed by atoms with Crippen molar-refractivity contribution in [3.63, 3.8) is 0 Å². The van der Waals surface area contributed by atoms with Crippen molar-refractivity contribution in [3.8, 4) is 0 Å². The lowest BCUT2D eigenvalue weighted by Crippen LogP contribution is -2.63. The van der Waals surface area contributed by atoms with Gasteiger partial charge in [0, 0.05) is 6.42 Å². The van der Waals surface area contributed by atoms with E-state index in [1.807, 2.05) is 0 Å². The van der Waals surface area contributed by atoms with E-state index in [1.54, 1.807) is 0 Å². The number of ether oxygens (including phenoxy) is 2. The van der Waals surface area contributed by atoms with Crippen molar-refractivity contribution in [2.45, 2.75) is 90.1 Å². The number of hydrogen-bond acceptors (Lipinski definition) is 6. The molecule has 1 rings (SSSR count). The molecule has 1 heterocycles. The molecule has 1 aliphatic heterocycles. The molecule has 0 radical (unpaired) electrons. The van der Waals surface area contributed by atoms with Crippen LogP contribution in [0.15, 0.2) is 0 Å². The number of carbonyl (C=O) groups excluding carboxylic acids is 1. The fraction of sp³-hybridized carbons (Fsp3) is 0.952. The van der Waals surface area contributed by atoms with Gasteiger partial charge >= 0.3 is 5.97 Å². The number of quaternary nitrogens is 1. The van der Waals surface area contributed by atoms with E-state index < -0.39 is 27.9 Å². The molecule has 0 aromatic heterocycles. The Labute approximate surface area is 182 Å². The van der Waals surface area contributed by atoms with Gasteiger partial charge in [0.15, 0.2) is 6.10 Å². The second-order valence-electron chi connectivity index (χ2n) is 8.61. The van der Waals surface area contributed by atoms with Crippen molar-refractivity contribution in [1.82, 2.24) is 0 Å². The van der Waals surface area contributed by atoms with Gasteiger partial charge in [-0.2, -0.15) is 14.3 Å². The van der Waals surface area contributed by atoms with Gasteiger partial charge < -0.3 is 9.47 Å². The second kappa shape index (κ2) is 15.1. The molecule has 1 atom stereocenters. The molecule has 1 saturated heterocycles. The van der Waals surface area contributed by atoms with E-state index in [0.717, 1.165) is 19.3 Å². The van der Waals surface area contributed by atoms with E-state index in [2.05, 4.69) is 6.92 Å². The molecule has 0 amide bonds. The van der Waals surface area contributed by atoms with Gasteiger partial charge in [-0.05, 0) is 6.42 Å². The number of hydrogen-bond donors (Lipinski definition) is 2. The maximum Gasteiger partial charge on any atom is 0.306 e. The van der Waals surface area contributed by atoms with Gasteiger partial charge in [0.25, 0.3) is 10.1 Å². The minimum absolute atomic E-state index is 0.0753. The van der Waals surface area contributed by atoms with Crippen LogP contribution in [0.2, 0.25) is 0 Å². The molecule has 178 valence electrons. The van der Waals surface area contributed by atoms with Gasteiger partial charge in [0.2, 0.25) is 0 Å². The standard InChI is InChI=1S/C21H42N2O6S/c1-2-3-4-5-6-7-8-9-10-11-12-13-21(24)29-20(19-30(25,26)27)18-23(22)14-16-28-17-15-23/h20H,2-19,22H2,1H3/p+1. The molecule has 0 spiro atoms. The fourth-order valence-corrected chi connectivity index (χ4v) is 4.48. The monoisotopic (exact) mass is 451 g/mol. The Morgan fingerprint density at radius 1 is 1.00 bits per heavy atom. The first-order valence-electron chi connectivity index (χ1n) is 11.6. The number of morpholine rings is 1. The van der Waals surface area contributed by atoms with Gasteiger partial charge in [-0.25, -0.2) is 4.59 Å². The van der Waals surface area contributed by atoms with Gasteiger partial charge in [-0.3, -0.25) is 9.35 Å². The highest BCUT2D eigenvalue weighted by molar-refractivity contribution is 7.85. The maximum absolute atomic E-state index is 12.2. The summed E-state index contributed by atoms with van der Waals surface area (Å²) in [6, 6.07) is 0. The third-order valence-electron chi connectivity index (χ3n) is 5.61. The Kier molecular flexibility index (Phi) is 13.8. The van der Waals surface area contributed by atoms with Crippen LogP contribution in [0, 0.1) is 0 Å². The minimum atomic E-state index is -4.27. The highest BCUT2D eigenvalue weighted by atomic mass is 32.2. The molecule has 8 nitrogen and oxygen atoms in total. The molecular formula is C21H43N2O6S+. The molecule has 0 aromatic rings. The Morgan fingerprint density at radius 2 is 1.50 bits per heavy atom. The molecule has 1 aliphatic rings. The average Bonchev–Trinajstić information content (AvgIpc) is 2.65. The summed E-state index contributed by atoms with van der Waals surface area (Å²) in [4.78, 5) is 12.2. The van der Waals surface area contributed by atoms with E-state index >= 15 is 0 Å². The van der Waals surface area contributed by atoms with Crippen LogP contribution >= 0.6 is 0 Å².